The first kappa shape index (κ1) is 36.1. The van der Waals surface area contributed by atoms with Gasteiger partial charge < -0.3 is 84.6 Å². The van der Waals surface area contributed by atoms with E-state index in [4.69, 9.17) is 33.6 Å². The maximum Gasteiger partial charge on any atom is 0.239 e. The lowest BCUT2D eigenvalue weighted by Crippen LogP contribution is -2.61. The van der Waals surface area contributed by atoms with Gasteiger partial charge in [0, 0.05) is 17.7 Å². The molecule has 0 spiro atoms. The molecule has 3 aromatic rings. The molecule has 0 unspecified atom stereocenters. The summed E-state index contributed by atoms with van der Waals surface area (Å²) in [4.78, 5) is 13.6. The molecule has 12 N–H and O–H groups in total. The van der Waals surface area contributed by atoms with Gasteiger partial charge in [-0.25, -0.2) is 0 Å². The van der Waals surface area contributed by atoms with Crippen molar-refractivity contribution in [3.63, 3.8) is 0 Å². The zero-order valence-electron chi connectivity index (χ0n) is 24.6. The maximum atomic E-state index is 13.6. The van der Waals surface area contributed by atoms with Crippen LogP contribution in [0.4, 0.5) is 0 Å². The fourth-order valence-corrected chi connectivity index (χ4v) is 4.84. The molecule has 47 heavy (non-hydrogen) atoms. The second kappa shape index (κ2) is 15.0. The Labute approximate surface area is 264 Å². The number of hydrogen-bond acceptors (Lipinski definition) is 18. The Balaban J connectivity index is 0.00000118. The van der Waals surface area contributed by atoms with Crippen molar-refractivity contribution in [3.05, 3.63) is 40.6 Å². The zero-order valence-corrected chi connectivity index (χ0v) is 24.6. The fraction of sp³-hybridized carbons (Fsp3) is 0.483. The van der Waals surface area contributed by atoms with E-state index in [1.54, 1.807) is 0 Å². The number of ether oxygens (including phenoxy) is 4. The third-order valence-corrected chi connectivity index (χ3v) is 7.39. The van der Waals surface area contributed by atoms with Crippen LogP contribution in [0.15, 0.2) is 39.5 Å². The van der Waals surface area contributed by atoms with Crippen LogP contribution >= 0.6 is 0 Å². The van der Waals surface area contributed by atoms with E-state index in [0.717, 1.165) is 24.3 Å². The van der Waals surface area contributed by atoms with Crippen molar-refractivity contribution >= 4 is 11.0 Å². The molecule has 2 saturated heterocycles. The van der Waals surface area contributed by atoms with Gasteiger partial charge in [0.15, 0.2) is 23.5 Å². The van der Waals surface area contributed by atoms with Crippen LogP contribution in [-0.2, 0) is 14.2 Å². The molecule has 0 aliphatic carbocycles. The minimum Gasteiger partial charge on any atom is -0.508 e. The molecule has 2 fully saturated rings. The Hall–Kier alpha value is -3.79. The number of benzene rings is 2. The summed E-state index contributed by atoms with van der Waals surface area (Å²) >= 11 is 0. The largest absolute Gasteiger partial charge is 0.508 e. The molecular weight excluding hydrogens is 636 g/mol. The predicted octanol–water partition coefficient (Wildman–Crippen LogP) is -2.72. The van der Waals surface area contributed by atoms with Gasteiger partial charge in [0.2, 0.25) is 17.5 Å². The maximum absolute atomic E-state index is 13.6. The van der Waals surface area contributed by atoms with Crippen LogP contribution in [0.5, 0.6) is 28.7 Å². The SMILES string of the molecule is C[C@@H]1O[C@@H](OC[C@H]2O[C@@H](Oc3c(-c4ccc(O)c(O)c4)oc4cc(O)cc(O)c4c3=O)[C@H](O)[C@@H](O)[C@@H]2O)[C@H](O)[C@H](O)[C@H]1O.OCCO. The quantitative estimate of drug-likeness (QED) is 0.113. The smallest absolute Gasteiger partial charge is 0.239 e. The lowest BCUT2D eigenvalue weighted by molar-refractivity contribution is -0.318. The second-order valence-electron chi connectivity index (χ2n) is 10.7. The monoisotopic (exact) mass is 672 g/mol. The van der Waals surface area contributed by atoms with Gasteiger partial charge in [-0.1, -0.05) is 0 Å². The van der Waals surface area contributed by atoms with Gasteiger partial charge >= 0.3 is 0 Å². The third-order valence-electron chi connectivity index (χ3n) is 7.39. The molecule has 260 valence electrons. The summed E-state index contributed by atoms with van der Waals surface area (Å²) in [5, 5.41) is 117. The van der Waals surface area contributed by atoms with Crippen LogP contribution in [0.3, 0.4) is 0 Å². The Bertz CT molecular complexity index is 1570. The van der Waals surface area contributed by atoms with Gasteiger partial charge in [-0.3, -0.25) is 4.79 Å². The molecule has 1 aromatic heterocycles. The highest BCUT2D eigenvalue weighted by molar-refractivity contribution is 5.88. The molecule has 2 aromatic carbocycles. The molecule has 0 saturated carbocycles. The van der Waals surface area contributed by atoms with E-state index in [0.29, 0.717) is 0 Å². The Morgan fingerprint density at radius 2 is 1.36 bits per heavy atom. The van der Waals surface area contributed by atoms with Crippen molar-refractivity contribution in [2.45, 2.75) is 68.3 Å². The van der Waals surface area contributed by atoms with E-state index in [1.807, 2.05) is 0 Å². The van der Waals surface area contributed by atoms with Gasteiger partial charge in [0.05, 0.1) is 25.9 Å². The number of aromatic hydroxyl groups is 4. The highest BCUT2D eigenvalue weighted by Gasteiger charge is 2.47. The molecule has 2 aliphatic heterocycles. The zero-order chi connectivity index (χ0) is 34.7. The second-order valence-corrected chi connectivity index (χ2v) is 10.7. The predicted molar refractivity (Wildman–Crippen MR) is 154 cm³/mol. The van der Waals surface area contributed by atoms with Crippen molar-refractivity contribution in [2.24, 2.45) is 0 Å². The summed E-state index contributed by atoms with van der Waals surface area (Å²) in [6.07, 6.45) is -16.2. The summed E-state index contributed by atoms with van der Waals surface area (Å²) < 4.78 is 27.8. The highest BCUT2D eigenvalue weighted by atomic mass is 16.7. The number of hydrogen-bond donors (Lipinski definition) is 12. The Morgan fingerprint density at radius 1 is 0.723 bits per heavy atom. The van der Waals surface area contributed by atoms with Gasteiger partial charge in [-0.15, -0.1) is 0 Å². The van der Waals surface area contributed by atoms with Crippen molar-refractivity contribution < 1.29 is 84.6 Å². The average molecular weight is 673 g/mol. The van der Waals surface area contributed by atoms with Gasteiger partial charge in [-0.2, -0.15) is 0 Å². The Morgan fingerprint density at radius 3 is 2.00 bits per heavy atom. The summed E-state index contributed by atoms with van der Waals surface area (Å²) in [6.45, 7) is 0.568. The molecular formula is C29H36O18. The molecule has 0 amide bonds. The van der Waals surface area contributed by atoms with Crippen LogP contribution < -0.4 is 10.2 Å². The van der Waals surface area contributed by atoms with E-state index in [2.05, 4.69) is 0 Å². The van der Waals surface area contributed by atoms with Crippen molar-refractivity contribution in [2.75, 3.05) is 19.8 Å². The van der Waals surface area contributed by atoms with Gasteiger partial charge in [-0.05, 0) is 25.1 Å². The number of phenols is 4. The molecule has 3 heterocycles. The molecule has 0 radical (unpaired) electrons. The number of aliphatic hydroxyl groups excluding tert-OH is 8. The van der Waals surface area contributed by atoms with Crippen molar-refractivity contribution in [3.8, 4) is 40.1 Å². The number of phenolic OH excluding ortho intramolecular Hbond substituents is 4. The van der Waals surface area contributed by atoms with E-state index < -0.39 is 113 Å². The van der Waals surface area contributed by atoms with Crippen LogP contribution in [-0.4, -0.2) is 143 Å². The summed E-state index contributed by atoms with van der Waals surface area (Å²) in [6, 6.07) is 5.24. The average Bonchev–Trinajstić information content (AvgIpc) is 3.03. The topological polar surface area (TPSA) is 310 Å². The number of aliphatic hydroxyl groups is 8. The third kappa shape index (κ3) is 7.53. The molecule has 18 heteroatoms. The first-order chi connectivity index (χ1) is 22.2. The molecule has 2 aliphatic rings. The number of rotatable bonds is 7. The van der Waals surface area contributed by atoms with Crippen LogP contribution in [0, 0.1) is 0 Å². The molecule has 18 nitrogen and oxygen atoms in total. The van der Waals surface area contributed by atoms with E-state index >= 15 is 0 Å². The van der Waals surface area contributed by atoms with E-state index in [9.17, 15) is 55.9 Å². The van der Waals surface area contributed by atoms with Crippen molar-refractivity contribution in [1.82, 2.24) is 0 Å². The summed E-state index contributed by atoms with van der Waals surface area (Å²) in [5.41, 5.74) is -1.35. The van der Waals surface area contributed by atoms with Crippen LogP contribution in [0.2, 0.25) is 0 Å². The first-order valence-corrected chi connectivity index (χ1v) is 14.1. The normalized spacial score (nSPS) is 30.8. The molecule has 10 atom stereocenters. The van der Waals surface area contributed by atoms with Crippen molar-refractivity contribution in [1.29, 1.82) is 0 Å². The lowest BCUT2D eigenvalue weighted by atomic mass is 9.98. The van der Waals surface area contributed by atoms with Crippen LogP contribution in [0.1, 0.15) is 6.92 Å². The van der Waals surface area contributed by atoms with E-state index in [1.165, 1.54) is 13.0 Å². The van der Waals surface area contributed by atoms with E-state index in [-0.39, 0.29) is 24.4 Å². The minimum absolute atomic E-state index is 0.0313. The molecule has 5 rings (SSSR count). The minimum atomic E-state index is -1.97. The first-order valence-electron chi connectivity index (χ1n) is 14.1. The highest BCUT2D eigenvalue weighted by Crippen LogP contribution is 2.39. The van der Waals surface area contributed by atoms with Gasteiger partial charge in [0.25, 0.3) is 0 Å². The Kier molecular flexibility index (Phi) is 11.5. The number of fused-ring (bicyclic) bond motifs is 1. The summed E-state index contributed by atoms with van der Waals surface area (Å²) in [5.74, 6) is -3.33. The van der Waals surface area contributed by atoms with Gasteiger partial charge in [0.1, 0.15) is 65.2 Å². The summed E-state index contributed by atoms with van der Waals surface area (Å²) in [7, 11) is 0. The fourth-order valence-electron chi connectivity index (χ4n) is 4.84. The standard InChI is InChI=1S/C27H30O16.C2H6O2/c1-8-17(32)20(35)22(37)26(40-8)39-7-15-18(33)21(36)23(38)27(42-15)43-25-19(34)16-13(31)5-10(28)6-14(16)41-24(25)9-2-3-11(29)12(30)4-9;3-1-2-4/h2-6,8,15,17-18,20-23,26-33,35-38H,7H2,1H3;3-4H,1-2H2/t8-,15+,17-,18+,20+,21-,22+,23+,26+,27-;/m0./s1. The molecule has 0 bridgehead atoms. The lowest BCUT2D eigenvalue weighted by Gasteiger charge is -2.42. The van der Waals surface area contributed by atoms with Crippen LogP contribution in [0.25, 0.3) is 22.3 Å².